The molecule has 1 heterocycles. The summed E-state index contributed by atoms with van der Waals surface area (Å²) in [4.78, 5) is 13.2. The number of ether oxygens (including phenoxy) is 1. The van der Waals surface area contributed by atoms with E-state index in [4.69, 9.17) is 9.84 Å². The van der Waals surface area contributed by atoms with E-state index in [1.54, 1.807) is 14.2 Å². The average Bonchev–Trinajstić information content (AvgIpc) is 2.31. The normalized spacial score (nSPS) is 27.9. The van der Waals surface area contributed by atoms with Crippen molar-refractivity contribution in [2.75, 3.05) is 33.8 Å². The Morgan fingerprint density at radius 1 is 1.65 bits per heavy atom. The molecule has 1 aliphatic rings. The van der Waals surface area contributed by atoms with E-state index < -0.39 is 12.0 Å². The Labute approximate surface area is 103 Å². The molecule has 0 bridgehead atoms. The van der Waals surface area contributed by atoms with Crippen LogP contribution in [0.3, 0.4) is 0 Å². The molecule has 1 fully saturated rings. The van der Waals surface area contributed by atoms with Gasteiger partial charge in [0.15, 0.2) is 0 Å². The van der Waals surface area contributed by atoms with Crippen LogP contribution in [0.5, 0.6) is 0 Å². The zero-order valence-corrected chi connectivity index (χ0v) is 11.0. The zero-order chi connectivity index (χ0) is 12.8. The molecule has 5 heteroatoms. The summed E-state index contributed by atoms with van der Waals surface area (Å²) in [6, 6.07) is -0.449. The maximum Gasteiger partial charge on any atom is 0.320 e. The SMILES string of the molecule is CNC(CCN1CCC(C)C(OC)C1)C(=O)O. The summed E-state index contributed by atoms with van der Waals surface area (Å²) in [5.41, 5.74) is 0. The van der Waals surface area contributed by atoms with Crippen molar-refractivity contribution in [1.29, 1.82) is 0 Å². The number of carboxylic acids is 1. The van der Waals surface area contributed by atoms with Gasteiger partial charge in [-0.2, -0.15) is 0 Å². The molecule has 100 valence electrons. The molecule has 1 rings (SSSR count). The van der Waals surface area contributed by atoms with Gasteiger partial charge in [-0.1, -0.05) is 6.92 Å². The van der Waals surface area contributed by atoms with Gasteiger partial charge < -0.3 is 20.1 Å². The maximum absolute atomic E-state index is 10.9. The number of likely N-dealkylation sites (N-methyl/N-ethyl adjacent to an activating group) is 1. The summed E-state index contributed by atoms with van der Waals surface area (Å²) in [5.74, 6) is -0.183. The molecule has 0 radical (unpaired) electrons. The number of carboxylic acid groups (broad SMARTS) is 1. The number of hydrogen-bond donors (Lipinski definition) is 2. The number of nitrogens with one attached hydrogen (secondary N) is 1. The summed E-state index contributed by atoms with van der Waals surface area (Å²) in [6.45, 7) is 4.97. The molecule has 3 atom stereocenters. The van der Waals surface area contributed by atoms with Gasteiger partial charge in [0, 0.05) is 20.2 Å². The lowest BCUT2D eigenvalue weighted by atomic mass is 9.95. The van der Waals surface area contributed by atoms with Crippen molar-refractivity contribution in [3.8, 4) is 0 Å². The van der Waals surface area contributed by atoms with Gasteiger partial charge in [-0.25, -0.2) is 0 Å². The molecule has 0 amide bonds. The molecule has 0 aliphatic carbocycles. The minimum Gasteiger partial charge on any atom is -0.480 e. The van der Waals surface area contributed by atoms with E-state index in [9.17, 15) is 4.79 Å². The van der Waals surface area contributed by atoms with Crippen LogP contribution < -0.4 is 5.32 Å². The highest BCUT2D eigenvalue weighted by Gasteiger charge is 2.26. The zero-order valence-electron chi connectivity index (χ0n) is 11.0. The van der Waals surface area contributed by atoms with Crippen LogP contribution in [-0.4, -0.2) is 61.9 Å². The third kappa shape index (κ3) is 4.26. The van der Waals surface area contributed by atoms with E-state index in [0.29, 0.717) is 12.3 Å². The fraction of sp³-hybridized carbons (Fsp3) is 0.917. The first-order valence-electron chi connectivity index (χ1n) is 6.23. The molecule has 5 nitrogen and oxygen atoms in total. The van der Waals surface area contributed by atoms with Crippen LogP contribution in [0, 0.1) is 5.92 Å². The molecule has 0 spiro atoms. The van der Waals surface area contributed by atoms with Gasteiger partial charge in [0.1, 0.15) is 6.04 Å². The third-order valence-electron chi connectivity index (χ3n) is 3.66. The molecule has 1 saturated heterocycles. The summed E-state index contributed by atoms with van der Waals surface area (Å²) >= 11 is 0. The van der Waals surface area contributed by atoms with Crippen molar-refractivity contribution in [2.45, 2.75) is 31.9 Å². The van der Waals surface area contributed by atoms with Crippen molar-refractivity contribution in [3.05, 3.63) is 0 Å². The Morgan fingerprint density at radius 3 is 2.88 bits per heavy atom. The van der Waals surface area contributed by atoms with Gasteiger partial charge in [-0.15, -0.1) is 0 Å². The number of aliphatic carboxylic acids is 1. The molecule has 0 aromatic heterocycles. The molecular formula is C12H24N2O3. The van der Waals surface area contributed by atoms with E-state index in [1.807, 2.05) is 0 Å². The first kappa shape index (κ1) is 14.4. The molecule has 0 saturated carbocycles. The quantitative estimate of drug-likeness (QED) is 0.708. The van der Waals surface area contributed by atoms with Crippen molar-refractivity contribution >= 4 is 5.97 Å². The summed E-state index contributed by atoms with van der Waals surface area (Å²) in [7, 11) is 3.44. The molecule has 0 aromatic rings. The van der Waals surface area contributed by atoms with Crippen molar-refractivity contribution < 1.29 is 14.6 Å². The minimum atomic E-state index is -0.777. The van der Waals surface area contributed by atoms with Crippen LogP contribution >= 0.6 is 0 Å². The number of nitrogens with zero attached hydrogens (tertiary/aromatic N) is 1. The largest absolute Gasteiger partial charge is 0.480 e. The smallest absolute Gasteiger partial charge is 0.320 e. The van der Waals surface area contributed by atoms with Gasteiger partial charge in [-0.3, -0.25) is 4.79 Å². The third-order valence-corrected chi connectivity index (χ3v) is 3.66. The summed E-state index contributed by atoms with van der Waals surface area (Å²) in [6.07, 6.45) is 2.04. The van der Waals surface area contributed by atoms with Crippen molar-refractivity contribution in [1.82, 2.24) is 10.2 Å². The first-order valence-corrected chi connectivity index (χ1v) is 6.23. The summed E-state index contributed by atoms with van der Waals surface area (Å²) < 4.78 is 5.44. The highest BCUT2D eigenvalue weighted by molar-refractivity contribution is 5.73. The first-order chi connectivity index (χ1) is 8.08. The van der Waals surface area contributed by atoms with Crippen LogP contribution in [0.1, 0.15) is 19.8 Å². The van der Waals surface area contributed by atoms with E-state index in [1.165, 1.54) is 0 Å². The van der Waals surface area contributed by atoms with E-state index >= 15 is 0 Å². The molecule has 3 unspecified atom stereocenters. The van der Waals surface area contributed by atoms with Crippen LogP contribution in [0.2, 0.25) is 0 Å². The van der Waals surface area contributed by atoms with Gasteiger partial charge >= 0.3 is 5.97 Å². The second kappa shape index (κ2) is 6.93. The number of methoxy groups -OCH3 is 1. The Balaban J connectivity index is 2.34. The van der Waals surface area contributed by atoms with Crippen LogP contribution in [0.15, 0.2) is 0 Å². The molecular weight excluding hydrogens is 220 g/mol. The van der Waals surface area contributed by atoms with Gasteiger partial charge in [0.25, 0.3) is 0 Å². The lowest BCUT2D eigenvalue weighted by molar-refractivity contribution is -0.139. The van der Waals surface area contributed by atoms with E-state index in [-0.39, 0.29) is 6.10 Å². The van der Waals surface area contributed by atoms with Crippen LogP contribution in [0.25, 0.3) is 0 Å². The molecule has 1 aliphatic heterocycles. The second-order valence-electron chi connectivity index (χ2n) is 4.81. The topological polar surface area (TPSA) is 61.8 Å². The fourth-order valence-corrected chi connectivity index (χ4v) is 2.31. The number of likely N-dealkylation sites (tertiary alicyclic amines) is 1. The Kier molecular flexibility index (Phi) is 5.88. The number of rotatable bonds is 6. The molecule has 17 heavy (non-hydrogen) atoms. The lowest BCUT2D eigenvalue weighted by Crippen LogP contribution is -2.46. The monoisotopic (exact) mass is 244 g/mol. The maximum atomic E-state index is 10.9. The van der Waals surface area contributed by atoms with Gasteiger partial charge in [0.05, 0.1) is 6.10 Å². The van der Waals surface area contributed by atoms with Gasteiger partial charge in [-0.05, 0) is 32.4 Å². The fourth-order valence-electron chi connectivity index (χ4n) is 2.31. The minimum absolute atomic E-state index is 0.279. The molecule has 2 N–H and O–H groups in total. The van der Waals surface area contributed by atoms with E-state index in [2.05, 4.69) is 17.1 Å². The van der Waals surface area contributed by atoms with Crippen LogP contribution in [-0.2, 0) is 9.53 Å². The Bertz CT molecular complexity index is 248. The van der Waals surface area contributed by atoms with Crippen molar-refractivity contribution in [3.63, 3.8) is 0 Å². The Morgan fingerprint density at radius 2 is 2.35 bits per heavy atom. The van der Waals surface area contributed by atoms with Crippen molar-refractivity contribution in [2.24, 2.45) is 5.92 Å². The summed E-state index contributed by atoms with van der Waals surface area (Å²) in [5, 5.41) is 11.8. The lowest BCUT2D eigenvalue weighted by Gasteiger charge is -2.36. The Hall–Kier alpha value is -0.650. The number of piperidine rings is 1. The number of hydrogen-bond acceptors (Lipinski definition) is 4. The predicted molar refractivity (Wildman–Crippen MR) is 66.1 cm³/mol. The average molecular weight is 244 g/mol. The predicted octanol–water partition coefficient (Wildman–Crippen LogP) is 0.406. The second-order valence-corrected chi connectivity index (χ2v) is 4.81. The highest BCUT2D eigenvalue weighted by atomic mass is 16.5. The van der Waals surface area contributed by atoms with Gasteiger partial charge in [0.2, 0.25) is 0 Å². The standard InChI is InChI=1S/C12H24N2O3/c1-9-4-6-14(8-11(9)17-3)7-5-10(13-2)12(15)16/h9-11,13H,4-8H2,1-3H3,(H,15,16). The number of carbonyl (C=O) groups is 1. The highest BCUT2D eigenvalue weighted by Crippen LogP contribution is 2.19. The van der Waals surface area contributed by atoms with E-state index in [0.717, 1.165) is 26.1 Å². The van der Waals surface area contributed by atoms with Crippen LogP contribution in [0.4, 0.5) is 0 Å². The molecule has 0 aromatic carbocycles.